The second-order valence-electron chi connectivity index (χ2n) is 8.87. The lowest BCUT2D eigenvalue weighted by Crippen LogP contribution is -2.21. The second-order valence-corrected chi connectivity index (χ2v) is 9.82. The minimum atomic E-state index is -0.378. The molecule has 0 aliphatic heterocycles. The highest BCUT2D eigenvalue weighted by Crippen LogP contribution is 2.30. The Balaban J connectivity index is 1.52. The molecule has 8 heteroatoms. The van der Waals surface area contributed by atoms with Crippen LogP contribution >= 0.6 is 11.8 Å². The van der Waals surface area contributed by atoms with Gasteiger partial charge in [-0.25, -0.2) is 9.36 Å². The molecule has 178 valence electrons. The molecular formula is C28H22N4O3S. The number of para-hydroxylation sites is 1. The van der Waals surface area contributed by atoms with E-state index < -0.39 is 0 Å². The lowest BCUT2D eigenvalue weighted by molar-refractivity contribution is 0.557. The largest absolute Gasteiger partial charge is 0.422 e. The predicted octanol–water partition coefficient (Wildman–Crippen LogP) is 5.36. The maximum absolute atomic E-state index is 13.5. The Bertz CT molecular complexity index is 1920. The number of hydrogen-bond acceptors (Lipinski definition) is 6. The van der Waals surface area contributed by atoms with E-state index in [0.29, 0.717) is 27.7 Å². The average molecular weight is 495 g/mol. The molecule has 0 aliphatic carbocycles. The molecule has 36 heavy (non-hydrogen) atoms. The molecule has 0 atom stereocenters. The van der Waals surface area contributed by atoms with Crippen LogP contribution in [0.25, 0.3) is 33.3 Å². The van der Waals surface area contributed by atoms with Crippen molar-refractivity contribution in [2.75, 3.05) is 0 Å². The summed E-state index contributed by atoms with van der Waals surface area (Å²) in [5.74, 6) is 0.928. The Hall–Kier alpha value is -4.17. The highest BCUT2D eigenvalue weighted by molar-refractivity contribution is 7.98. The van der Waals surface area contributed by atoms with Crippen LogP contribution in [-0.4, -0.2) is 19.2 Å². The van der Waals surface area contributed by atoms with Gasteiger partial charge in [-0.1, -0.05) is 53.7 Å². The van der Waals surface area contributed by atoms with Crippen LogP contribution in [0.5, 0.6) is 0 Å². The van der Waals surface area contributed by atoms with Gasteiger partial charge in [0.2, 0.25) is 5.78 Å². The van der Waals surface area contributed by atoms with Gasteiger partial charge in [0.15, 0.2) is 5.16 Å². The fraction of sp³-hybridized carbons (Fsp3) is 0.143. The maximum Gasteiger partial charge on any atom is 0.336 e. The zero-order valence-electron chi connectivity index (χ0n) is 20.0. The normalized spacial score (nSPS) is 11.6. The summed E-state index contributed by atoms with van der Waals surface area (Å²) in [6.07, 6.45) is 0. The summed E-state index contributed by atoms with van der Waals surface area (Å²) in [5, 5.41) is 11.0. The molecule has 6 rings (SSSR count). The van der Waals surface area contributed by atoms with Crippen LogP contribution < -0.4 is 11.2 Å². The molecule has 0 amide bonds. The summed E-state index contributed by atoms with van der Waals surface area (Å²) < 4.78 is 9.03. The standard InChI is InChI=1S/C28H22N4O3S/c1-16-8-11-20(12-9-16)31-26(34)22-6-4-5-7-23(22)32-27(31)29-30-28(32)36-15-19-14-24(33)35-25-18(3)17(2)10-13-21(19)25/h4-14H,15H2,1-3H3. The van der Waals surface area contributed by atoms with E-state index in [9.17, 15) is 9.59 Å². The maximum atomic E-state index is 13.5. The van der Waals surface area contributed by atoms with Gasteiger partial charge in [0.25, 0.3) is 5.56 Å². The minimum absolute atomic E-state index is 0.150. The van der Waals surface area contributed by atoms with E-state index in [2.05, 4.69) is 10.2 Å². The predicted molar refractivity (Wildman–Crippen MR) is 142 cm³/mol. The van der Waals surface area contributed by atoms with Crippen molar-refractivity contribution in [3.8, 4) is 5.69 Å². The molecule has 0 radical (unpaired) electrons. The minimum Gasteiger partial charge on any atom is -0.422 e. The number of thioether (sulfide) groups is 1. The molecule has 0 aliphatic rings. The van der Waals surface area contributed by atoms with Crippen molar-refractivity contribution >= 4 is 39.4 Å². The van der Waals surface area contributed by atoms with E-state index in [1.165, 1.54) is 17.8 Å². The fourth-order valence-corrected chi connectivity index (χ4v) is 5.42. The summed E-state index contributed by atoms with van der Waals surface area (Å²) >= 11 is 1.46. The van der Waals surface area contributed by atoms with E-state index >= 15 is 0 Å². The third-order valence-corrected chi connectivity index (χ3v) is 7.54. The first-order valence-corrected chi connectivity index (χ1v) is 12.5. The Labute approximate surface area is 210 Å². The van der Waals surface area contributed by atoms with E-state index in [0.717, 1.165) is 38.8 Å². The van der Waals surface area contributed by atoms with Crippen molar-refractivity contribution in [1.29, 1.82) is 0 Å². The smallest absolute Gasteiger partial charge is 0.336 e. The number of benzene rings is 3. The fourth-order valence-electron chi connectivity index (χ4n) is 4.48. The van der Waals surface area contributed by atoms with Crippen LogP contribution in [0.4, 0.5) is 0 Å². The number of rotatable bonds is 4. The van der Waals surface area contributed by atoms with Gasteiger partial charge in [0.1, 0.15) is 5.58 Å². The molecule has 3 heterocycles. The van der Waals surface area contributed by atoms with Crippen molar-refractivity contribution in [2.45, 2.75) is 31.7 Å². The number of aryl methyl sites for hydroxylation is 3. The quantitative estimate of drug-likeness (QED) is 0.242. The molecular weight excluding hydrogens is 472 g/mol. The molecule has 7 nitrogen and oxygen atoms in total. The lowest BCUT2D eigenvalue weighted by atomic mass is 10.0. The van der Waals surface area contributed by atoms with Crippen LogP contribution in [0, 0.1) is 20.8 Å². The van der Waals surface area contributed by atoms with E-state index in [1.54, 1.807) is 4.57 Å². The van der Waals surface area contributed by atoms with E-state index in [4.69, 9.17) is 4.42 Å². The highest BCUT2D eigenvalue weighted by Gasteiger charge is 2.19. The zero-order valence-corrected chi connectivity index (χ0v) is 20.8. The van der Waals surface area contributed by atoms with E-state index in [-0.39, 0.29) is 11.2 Å². The Morgan fingerprint density at radius 3 is 2.47 bits per heavy atom. The van der Waals surface area contributed by atoms with Gasteiger partial charge in [0, 0.05) is 17.2 Å². The van der Waals surface area contributed by atoms with Gasteiger partial charge >= 0.3 is 5.63 Å². The van der Waals surface area contributed by atoms with Crippen molar-refractivity contribution < 1.29 is 4.42 Å². The Kier molecular flexibility index (Phi) is 5.26. The van der Waals surface area contributed by atoms with Crippen LogP contribution in [0.2, 0.25) is 0 Å². The summed E-state index contributed by atoms with van der Waals surface area (Å²) in [5.41, 5.74) is 5.54. The van der Waals surface area contributed by atoms with Crippen LogP contribution in [0.3, 0.4) is 0 Å². The first-order chi connectivity index (χ1) is 17.4. The third-order valence-electron chi connectivity index (χ3n) is 6.56. The number of nitrogens with zero attached hydrogens (tertiary/aromatic N) is 4. The summed E-state index contributed by atoms with van der Waals surface area (Å²) in [6.45, 7) is 5.96. The SMILES string of the molecule is Cc1ccc(-n2c(=O)c3ccccc3n3c(SCc4cc(=O)oc5c(C)c(C)ccc45)nnc23)cc1. The summed E-state index contributed by atoms with van der Waals surface area (Å²) in [4.78, 5) is 25.8. The van der Waals surface area contributed by atoms with Gasteiger partial charge in [-0.2, -0.15) is 0 Å². The number of hydrogen-bond donors (Lipinski definition) is 0. The number of fused-ring (bicyclic) bond motifs is 4. The molecule has 0 saturated heterocycles. The third kappa shape index (κ3) is 3.53. The molecule has 0 saturated carbocycles. The van der Waals surface area contributed by atoms with Gasteiger partial charge in [-0.3, -0.25) is 9.20 Å². The highest BCUT2D eigenvalue weighted by atomic mass is 32.2. The second kappa shape index (κ2) is 8.49. The first-order valence-electron chi connectivity index (χ1n) is 11.5. The molecule has 0 spiro atoms. The molecule has 0 fully saturated rings. The molecule has 3 aromatic carbocycles. The average Bonchev–Trinajstić information content (AvgIpc) is 3.30. The van der Waals surface area contributed by atoms with Crippen molar-refractivity contribution in [2.24, 2.45) is 0 Å². The molecule has 0 bridgehead atoms. The lowest BCUT2D eigenvalue weighted by Gasteiger charge is -2.12. The Morgan fingerprint density at radius 2 is 1.67 bits per heavy atom. The first kappa shape index (κ1) is 22.3. The molecule has 6 aromatic rings. The Morgan fingerprint density at radius 1 is 0.889 bits per heavy atom. The van der Waals surface area contributed by atoms with Crippen LogP contribution in [0.15, 0.2) is 85.9 Å². The van der Waals surface area contributed by atoms with Gasteiger partial charge in [-0.05, 0) is 61.7 Å². The number of aromatic nitrogens is 4. The van der Waals surface area contributed by atoms with Crippen LogP contribution in [-0.2, 0) is 5.75 Å². The summed E-state index contributed by atoms with van der Waals surface area (Å²) in [6, 6.07) is 20.8. The van der Waals surface area contributed by atoms with E-state index in [1.807, 2.05) is 85.8 Å². The molecule has 3 aromatic heterocycles. The van der Waals surface area contributed by atoms with Crippen molar-refractivity contribution in [1.82, 2.24) is 19.2 Å². The van der Waals surface area contributed by atoms with Gasteiger partial charge < -0.3 is 4.42 Å². The van der Waals surface area contributed by atoms with Crippen molar-refractivity contribution in [3.05, 3.63) is 110 Å². The molecule has 0 N–H and O–H groups in total. The zero-order chi connectivity index (χ0) is 25.0. The monoisotopic (exact) mass is 494 g/mol. The van der Waals surface area contributed by atoms with Gasteiger partial charge in [0.05, 0.1) is 16.6 Å². The van der Waals surface area contributed by atoms with Gasteiger partial charge in [-0.15, -0.1) is 10.2 Å². The summed E-state index contributed by atoms with van der Waals surface area (Å²) in [7, 11) is 0. The topological polar surface area (TPSA) is 82.4 Å². The molecule has 0 unspecified atom stereocenters. The van der Waals surface area contributed by atoms with Crippen LogP contribution in [0.1, 0.15) is 22.3 Å². The van der Waals surface area contributed by atoms with Crippen molar-refractivity contribution in [3.63, 3.8) is 0 Å².